The van der Waals surface area contributed by atoms with E-state index in [1.165, 1.54) is 0 Å². The number of hydrogen-bond acceptors (Lipinski definition) is 3. The molecule has 0 radical (unpaired) electrons. The lowest BCUT2D eigenvalue weighted by Crippen LogP contribution is -2.00. The van der Waals surface area contributed by atoms with Crippen LogP contribution in [0.5, 0.6) is 17.2 Å². The van der Waals surface area contributed by atoms with Gasteiger partial charge >= 0.3 is 0 Å². The zero-order valence-electron chi connectivity index (χ0n) is 10.6. The third kappa shape index (κ3) is 2.81. The summed E-state index contributed by atoms with van der Waals surface area (Å²) in [6.45, 7) is 2.47. The fraction of sp³-hybridized carbons (Fsp3) is 0.200. The Balaban J connectivity index is 2.32. The molecule has 0 aromatic heterocycles. The number of methoxy groups -OCH3 is 1. The van der Waals surface area contributed by atoms with E-state index in [4.69, 9.17) is 15.2 Å². The van der Waals surface area contributed by atoms with Crippen molar-refractivity contribution in [2.45, 2.75) is 13.5 Å². The van der Waals surface area contributed by atoms with Crippen LogP contribution in [-0.4, -0.2) is 7.11 Å². The highest BCUT2D eigenvalue weighted by Gasteiger charge is 2.06. The summed E-state index contributed by atoms with van der Waals surface area (Å²) < 4.78 is 11.1. The molecule has 18 heavy (non-hydrogen) atoms. The SMILES string of the molecule is COc1ccc(CN)c(Oc2cccc(C)c2)c1. The summed E-state index contributed by atoms with van der Waals surface area (Å²) in [6.07, 6.45) is 0. The molecule has 0 atom stereocenters. The second-order valence-corrected chi connectivity index (χ2v) is 4.10. The average molecular weight is 243 g/mol. The van der Waals surface area contributed by atoms with Gasteiger partial charge in [0.05, 0.1) is 7.11 Å². The number of benzene rings is 2. The summed E-state index contributed by atoms with van der Waals surface area (Å²) in [7, 11) is 1.63. The van der Waals surface area contributed by atoms with Crippen molar-refractivity contribution < 1.29 is 9.47 Å². The van der Waals surface area contributed by atoms with E-state index in [2.05, 4.69) is 0 Å². The van der Waals surface area contributed by atoms with Crippen molar-refractivity contribution >= 4 is 0 Å². The molecule has 2 N–H and O–H groups in total. The van der Waals surface area contributed by atoms with Gasteiger partial charge in [-0.1, -0.05) is 18.2 Å². The lowest BCUT2D eigenvalue weighted by molar-refractivity contribution is 0.408. The van der Waals surface area contributed by atoms with Crippen LogP contribution in [0.15, 0.2) is 42.5 Å². The summed E-state index contributed by atoms with van der Waals surface area (Å²) in [6, 6.07) is 13.6. The first-order valence-electron chi connectivity index (χ1n) is 5.84. The van der Waals surface area contributed by atoms with Gasteiger partial charge in [0.15, 0.2) is 0 Å². The quantitative estimate of drug-likeness (QED) is 0.896. The molecule has 3 nitrogen and oxygen atoms in total. The minimum absolute atomic E-state index is 0.436. The molecule has 94 valence electrons. The van der Waals surface area contributed by atoms with Crippen LogP contribution >= 0.6 is 0 Å². The molecule has 0 aliphatic carbocycles. The summed E-state index contributed by atoms with van der Waals surface area (Å²) >= 11 is 0. The predicted octanol–water partition coefficient (Wildman–Crippen LogP) is 3.25. The van der Waals surface area contributed by atoms with E-state index in [-0.39, 0.29) is 0 Å². The van der Waals surface area contributed by atoms with Gasteiger partial charge in [-0.15, -0.1) is 0 Å². The molecular formula is C15H17NO2. The van der Waals surface area contributed by atoms with E-state index >= 15 is 0 Å². The standard InChI is InChI=1S/C15H17NO2/c1-11-4-3-5-14(8-11)18-15-9-13(17-2)7-6-12(15)10-16/h3-9H,10,16H2,1-2H3. The van der Waals surface area contributed by atoms with Crippen molar-refractivity contribution in [2.75, 3.05) is 7.11 Å². The van der Waals surface area contributed by atoms with Gasteiger partial charge in [-0.3, -0.25) is 0 Å². The largest absolute Gasteiger partial charge is 0.497 e. The Bertz CT molecular complexity index is 538. The first kappa shape index (κ1) is 12.5. The maximum Gasteiger partial charge on any atom is 0.135 e. The molecule has 3 heteroatoms. The van der Waals surface area contributed by atoms with Gasteiger partial charge in [-0.05, 0) is 30.7 Å². The van der Waals surface area contributed by atoms with Crippen LogP contribution in [0.3, 0.4) is 0 Å². The maximum absolute atomic E-state index is 5.86. The van der Waals surface area contributed by atoms with E-state index in [9.17, 15) is 0 Å². The Hall–Kier alpha value is -2.00. The number of rotatable bonds is 4. The average Bonchev–Trinajstić information content (AvgIpc) is 2.38. The zero-order chi connectivity index (χ0) is 13.0. The van der Waals surface area contributed by atoms with Gasteiger partial charge in [0.1, 0.15) is 17.2 Å². The highest BCUT2D eigenvalue weighted by molar-refractivity contribution is 5.43. The van der Waals surface area contributed by atoms with Crippen LogP contribution < -0.4 is 15.2 Å². The molecule has 0 amide bonds. The summed E-state index contributed by atoms with van der Waals surface area (Å²) in [5.41, 5.74) is 7.82. The first-order valence-corrected chi connectivity index (χ1v) is 5.84. The summed E-state index contributed by atoms with van der Waals surface area (Å²) in [4.78, 5) is 0. The van der Waals surface area contributed by atoms with Crippen LogP contribution in [0.2, 0.25) is 0 Å². The topological polar surface area (TPSA) is 44.5 Å². The van der Waals surface area contributed by atoms with Gasteiger partial charge in [0, 0.05) is 18.2 Å². The zero-order valence-corrected chi connectivity index (χ0v) is 10.6. The van der Waals surface area contributed by atoms with E-state index in [0.717, 1.165) is 28.4 Å². The predicted molar refractivity (Wildman–Crippen MR) is 72.1 cm³/mol. The Morgan fingerprint density at radius 1 is 1.06 bits per heavy atom. The first-order chi connectivity index (χ1) is 8.72. The van der Waals surface area contributed by atoms with E-state index in [1.54, 1.807) is 7.11 Å². The van der Waals surface area contributed by atoms with E-state index in [1.807, 2.05) is 49.4 Å². The second-order valence-electron chi connectivity index (χ2n) is 4.10. The fourth-order valence-electron chi connectivity index (χ4n) is 1.73. The molecule has 0 bridgehead atoms. The Labute approximate surface area is 107 Å². The van der Waals surface area contributed by atoms with Crippen LogP contribution in [0, 0.1) is 6.92 Å². The molecule has 0 heterocycles. The Morgan fingerprint density at radius 2 is 1.89 bits per heavy atom. The number of aryl methyl sites for hydroxylation is 1. The highest BCUT2D eigenvalue weighted by Crippen LogP contribution is 2.29. The third-order valence-electron chi connectivity index (χ3n) is 2.71. The van der Waals surface area contributed by atoms with Crippen LogP contribution in [0.4, 0.5) is 0 Å². The van der Waals surface area contributed by atoms with Crippen molar-refractivity contribution in [3.8, 4) is 17.2 Å². The van der Waals surface area contributed by atoms with Crippen LogP contribution in [0.1, 0.15) is 11.1 Å². The number of hydrogen-bond donors (Lipinski definition) is 1. The van der Waals surface area contributed by atoms with Gasteiger partial charge in [-0.2, -0.15) is 0 Å². The molecule has 0 spiro atoms. The van der Waals surface area contributed by atoms with Gasteiger partial charge in [-0.25, -0.2) is 0 Å². The molecule has 0 aliphatic rings. The minimum Gasteiger partial charge on any atom is -0.497 e. The smallest absolute Gasteiger partial charge is 0.135 e. The normalized spacial score (nSPS) is 10.2. The lowest BCUT2D eigenvalue weighted by atomic mass is 10.2. The molecule has 0 saturated carbocycles. The van der Waals surface area contributed by atoms with Crippen molar-refractivity contribution in [1.29, 1.82) is 0 Å². The van der Waals surface area contributed by atoms with Crippen LogP contribution in [-0.2, 0) is 6.54 Å². The van der Waals surface area contributed by atoms with Crippen molar-refractivity contribution in [1.82, 2.24) is 0 Å². The molecule has 2 rings (SSSR count). The van der Waals surface area contributed by atoms with Crippen molar-refractivity contribution in [3.63, 3.8) is 0 Å². The summed E-state index contributed by atoms with van der Waals surface area (Å²) in [5.74, 6) is 2.30. The van der Waals surface area contributed by atoms with E-state index in [0.29, 0.717) is 6.54 Å². The van der Waals surface area contributed by atoms with Crippen LogP contribution in [0.25, 0.3) is 0 Å². The molecule has 0 unspecified atom stereocenters. The number of ether oxygens (including phenoxy) is 2. The van der Waals surface area contributed by atoms with Gasteiger partial charge < -0.3 is 15.2 Å². The van der Waals surface area contributed by atoms with Crippen molar-refractivity contribution in [3.05, 3.63) is 53.6 Å². The van der Waals surface area contributed by atoms with Gasteiger partial charge in [0.2, 0.25) is 0 Å². The molecule has 0 fully saturated rings. The Morgan fingerprint density at radius 3 is 2.56 bits per heavy atom. The maximum atomic E-state index is 5.86. The number of nitrogens with two attached hydrogens (primary N) is 1. The van der Waals surface area contributed by atoms with Crippen molar-refractivity contribution in [2.24, 2.45) is 5.73 Å². The molecule has 0 saturated heterocycles. The molecule has 2 aromatic rings. The fourth-order valence-corrected chi connectivity index (χ4v) is 1.73. The second kappa shape index (κ2) is 5.56. The van der Waals surface area contributed by atoms with Gasteiger partial charge in [0.25, 0.3) is 0 Å². The Kier molecular flexibility index (Phi) is 3.85. The monoisotopic (exact) mass is 243 g/mol. The van der Waals surface area contributed by atoms with E-state index < -0.39 is 0 Å². The minimum atomic E-state index is 0.436. The highest BCUT2D eigenvalue weighted by atomic mass is 16.5. The molecular weight excluding hydrogens is 226 g/mol. The summed E-state index contributed by atoms with van der Waals surface area (Å²) in [5, 5.41) is 0. The lowest BCUT2D eigenvalue weighted by Gasteiger charge is -2.12. The molecule has 0 aliphatic heterocycles. The molecule has 2 aromatic carbocycles. The third-order valence-corrected chi connectivity index (χ3v) is 2.71.